The number of ether oxygens (including phenoxy) is 1. The molecule has 1 aliphatic carbocycles. The summed E-state index contributed by atoms with van der Waals surface area (Å²) in [5, 5.41) is 3.61. The number of hydrogen-bond donors (Lipinski definition) is 2. The van der Waals surface area contributed by atoms with Gasteiger partial charge in [0, 0.05) is 40.7 Å². The minimum Gasteiger partial charge on any atom is -0.465 e. The van der Waals surface area contributed by atoms with Gasteiger partial charge < -0.3 is 15.0 Å². The highest BCUT2D eigenvalue weighted by molar-refractivity contribution is 9.10. The molecule has 1 amide bonds. The third-order valence-corrected chi connectivity index (χ3v) is 9.81. The van der Waals surface area contributed by atoms with Crippen LogP contribution in [0.15, 0.2) is 59.1 Å². The third kappa shape index (κ3) is 3.96. The number of nitrogens with one attached hydrogen (secondary N) is 2. The van der Waals surface area contributed by atoms with Crippen molar-refractivity contribution in [2.75, 3.05) is 19.0 Å². The molecule has 4 aromatic rings. The van der Waals surface area contributed by atoms with Crippen molar-refractivity contribution in [2.45, 2.75) is 43.2 Å². The van der Waals surface area contributed by atoms with E-state index in [-0.39, 0.29) is 17.9 Å². The highest BCUT2D eigenvalue weighted by atomic mass is 79.9. The first-order valence-electron chi connectivity index (χ1n) is 13.6. The summed E-state index contributed by atoms with van der Waals surface area (Å²) in [5.74, 6) is -0.968. The van der Waals surface area contributed by atoms with Crippen molar-refractivity contribution in [1.29, 1.82) is 0 Å². The van der Waals surface area contributed by atoms with E-state index in [1.165, 1.54) is 7.11 Å². The van der Waals surface area contributed by atoms with Crippen molar-refractivity contribution in [2.24, 2.45) is 5.92 Å². The van der Waals surface area contributed by atoms with Crippen molar-refractivity contribution in [3.8, 4) is 0 Å². The second kappa shape index (κ2) is 9.64. The van der Waals surface area contributed by atoms with Crippen molar-refractivity contribution >= 4 is 56.1 Å². The molecule has 0 radical (unpaired) electrons. The number of carbonyl (C=O) groups is 2. The summed E-state index contributed by atoms with van der Waals surface area (Å²) in [4.78, 5) is 37.3. The molecule has 2 fully saturated rings. The molecule has 0 bridgehead atoms. The molecule has 4 atom stereocenters. The molecule has 210 valence electrons. The minimum atomic E-state index is -1.19. The minimum absolute atomic E-state index is 0.188. The summed E-state index contributed by atoms with van der Waals surface area (Å²) in [5.41, 5.74) is 2.41. The number of imidazole rings is 1. The zero-order chi connectivity index (χ0) is 28.6. The maximum Gasteiger partial charge on any atom is 0.337 e. The first kappa shape index (κ1) is 26.6. The highest BCUT2D eigenvalue weighted by Crippen LogP contribution is 2.63. The summed E-state index contributed by atoms with van der Waals surface area (Å²) < 4.78 is 21.4. The van der Waals surface area contributed by atoms with E-state index in [1.807, 2.05) is 6.07 Å². The summed E-state index contributed by atoms with van der Waals surface area (Å²) >= 11 is 9.75. The van der Waals surface area contributed by atoms with Crippen LogP contribution in [0.1, 0.15) is 58.9 Å². The van der Waals surface area contributed by atoms with E-state index in [0.717, 1.165) is 18.4 Å². The molecule has 41 heavy (non-hydrogen) atoms. The van der Waals surface area contributed by atoms with Gasteiger partial charge in [0.1, 0.15) is 17.2 Å². The Morgan fingerprint density at radius 3 is 2.78 bits per heavy atom. The quantitative estimate of drug-likeness (QED) is 0.237. The molecular formula is C31H27BrClFN4O3. The van der Waals surface area contributed by atoms with Crippen molar-refractivity contribution in [3.63, 3.8) is 0 Å². The Bertz CT molecular complexity index is 1740. The maximum atomic E-state index is 16.2. The predicted octanol–water partition coefficient (Wildman–Crippen LogP) is 6.73. The van der Waals surface area contributed by atoms with Crippen LogP contribution in [0.2, 0.25) is 5.02 Å². The maximum absolute atomic E-state index is 16.2. The molecule has 7 rings (SSSR count). The second-order valence-electron chi connectivity index (χ2n) is 11.2. The van der Waals surface area contributed by atoms with E-state index in [0.29, 0.717) is 55.6 Å². The number of amides is 1. The lowest BCUT2D eigenvalue weighted by Crippen LogP contribution is -2.52. The van der Waals surface area contributed by atoms with Gasteiger partial charge in [0.2, 0.25) is 5.91 Å². The summed E-state index contributed by atoms with van der Waals surface area (Å²) in [6, 6.07) is 15.7. The third-order valence-electron chi connectivity index (χ3n) is 8.97. The van der Waals surface area contributed by atoms with Gasteiger partial charge in [0.15, 0.2) is 0 Å². The topological polar surface area (TPSA) is 87.3 Å². The van der Waals surface area contributed by atoms with Gasteiger partial charge in [0.25, 0.3) is 0 Å². The predicted molar refractivity (Wildman–Crippen MR) is 158 cm³/mol. The van der Waals surface area contributed by atoms with Gasteiger partial charge in [0.05, 0.1) is 28.2 Å². The molecule has 1 aromatic heterocycles. The first-order valence-corrected chi connectivity index (χ1v) is 14.8. The van der Waals surface area contributed by atoms with Crippen LogP contribution in [-0.2, 0) is 15.1 Å². The van der Waals surface area contributed by atoms with Gasteiger partial charge in [-0.25, -0.2) is 14.2 Å². The lowest BCUT2D eigenvalue weighted by atomic mass is 9.71. The molecule has 1 spiro atoms. The fraction of sp³-hybridized carbons (Fsp3) is 0.323. The van der Waals surface area contributed by atoms with Crippen molar-refractivity contribution in [3.05, 3.63) is 92.4 Å². The van der Waals surface area contributed by atoms with Gasteiger partial charge in [-0.1, -0.05) is 29.8 Å². The van der Waals surface area contributed by atoms with Crippen LogP contribution in [0.5, 0.6) is 0 Å². The number of likely N-dealkylation sites (tertiary alicyclic amines) is 1. The molecule has 1 saturated carbocycles. The Morgan fingerprint density at radius 1 is 1.22 bits per heavy atom. The smallest absolute Gasteiger partial charge is 0.337 e. The highest BCUT2D eigenvalue weighted by Gasteiger charge is 2.67. The zero-order valence-electron chi connectivity index (χ0n) is 22.4. The van der Waals surface area contributed by atoms with Gasteiger partial charge in [-0.2, -0.15) is 0 Å². The lowest BCUT2D eigenvalue weighted by Gasteiger charge is -2.39. The van der Waals surface area contributed by atoms with Crippen LogP contribution in [0.3, 0.4) is 0 Å². The van der Waals surface area contributed by atoms with Crippen LogP contribution in [0.25, 0.3) is 11.0 Å². The second-order valence-corrected chi connectivity index (χ2v) is 12.5. The van der Waals surface area contributed by atoms with E-state index in [2.05, 4.69) is 38.1 Å². The number of halogens is 3. The number of H-pyrrole nitrogens is 1. The van der Waals surface area contributed by atoms with Gasteiger partial charge in [-0.3, -0.25) is 9.69 Å². The molecule has 2 aliphatic heterocycles. The van der Waals surface area contributed by atoms with Crippen LogP contribution in [0, 0.1) is 11.7 Å². The zero-order valence-corrected chi connectivity index (χ0v) is 24.7. The van der Waals surface area contributed by atoms with Crippen LogP contribution < -0.4 is 5.32 Å². The van der Waals surface area contributed by atoms with E-state index in [1.54, 1.807) is 48.5 Å². The number of methoxy groups -OCH3 is 1. The normalized spacial score (nSPS) is 25.6. The number of hydrogen-bond acceptors (Lipinski definition) is 5. The molecule has 0 unspecified atom stereocenters. The molecule has 10 heteroatoms. The number of esters is 1. The van der Waals surface area contributed by atoms with Gasteiger partial charge in [-0.05, 0) is 83.6 Å². The summed E-state index contributed by atoms with van der Waals surface area (Å²) in [6.45, 7) is 2.80. The molecule has 3 heterocycles. The van der Waals surface area contributed by atoms with Gasteiger partial charge >= 0.3 is 5.97 Å². The van der Waals surface area contributed by atoms with Gasteiger partial charge in [-0.15, -0.1) is 0 Å². The van der Waals surface area contributed by atoms with Crippen LogP contribution >= 0.6 is 27.5 Å². The number of carbonyl (C=O) groups excluding carboxylic acids is 2. The molecular weight excluding hydrogens is 611 g/mol. The molecule has 3 aromatic carbocycles. The SMILES string of the molecule is COC(=O)c1ccc2nc([C@@H]3[C@H](C)N(CC4CC4)[C@@]4(C(=O)Nc5cc(Cl)ccc54)[C@H]3c3cccc(Br)c3F)[nH]c2c1. The number of rotatable bonds is 5. The average Bonchev–Trinajstić information content (AvgIpc) is 3.53. The van der Waals surface area contributed by atoms with Crippen LogP contribution in [0.4, 0.5) is 10.1 Å². The van der Waals surface area contributed by atoms with Crippen LogP contribution in [-0.4, -0.2) is 46.4 Å². The number of nitrogens with zero attached hydrogens (tertiary/aromatic N) is 2. The van der Waals surface area contributed by atoms with E-state index in [4.69, 9.17) is 21.3 Å². The van der Waals surface area contributed by atoms with Crippen molar-refractivity contribution < 1.29 is 18.7 Å². The number of aromatic amines is 1. The number of aromatic nitrogens is 2. The molecule has 2 N–H and O–H groups in total. The van der Waals surface area contributed by atoms with E-state index in [9.17, 15) is 9.59 Å². The average molecular weight is 638 g/mol. The first-order chi connectivity index (χ1) is 19.7. The Morgan fingerprint density at radius 2 is 2.02 bits per heavy atom. The van der Waals surface area contributed by atoms with Crippen molar-refractivity contribution in [1.82, 2.24) is 14.9 Å². The monoisotopic (exact) mass is 636 g/mol. The van der Waals surface area contributed by atoms with E-state index < -0.39 is 23.2 Å². The molecule has 3 aliphatic rings. The Kier molecular flexibility index (Phi) is 6.26. The van der Waals surface area contributed by atoms with E-state index >= 15 is 4.39 Å². The largest absolute Gasteiger partial charge is 0.465 e. The Hall–Kier alpha value is -3.27. The number of anilines is 1. The molecule has 7 nitrogen and oxygen atoms in total. The number of benzene rings is 3. The standard InChI is InChI=1S/C31H27BrClFN4O3/c1-15-25(28-35-22-11-8-17(29(39)41-2)12-24(22)36-28)26(19-4-3-5-21(32)27(19)34)31(38(15)14-16-6-7-16)20-10-9-18(33)13-23(20)37-30(31)40/h3-5,8-13,15-16,25-26H,6-7,14H2,1-2H3,(H,35,36)(H,37,40)/t15-,25+,26-,31+/m0/s1. The fourth-order valence-corrected chi connectivity index (χ4v) is 7.56. The summed E-state index contributed by atoms with van der Waals surface area (Å²) in [6.07, 6.45) is 2.19. The number of fused-ring (bicyclic) bond motifs is 3. The molecule has 1 saturated heterocycles. The Balaban J connectivity index is 1.49. The fourth-order valence-electron chi connectivity index (χ4n) is 7.00. The Labute approximate surface area is 249 Å². The summed E-state index contributed by atoms with van der Waals surface area (Å²) in [7, 11) is 1.34. The lowest BCUT2D eigenvalue weighted by molar-refractivity contribution is -0.127.